The molecular formula is C13H11F3O3. The van der Waals surface area contributed by atoms with Crippen molar-refractivity contribution in [1.29, 1.82) is 0 Å². The lowest BCUT2D eigenvalue weighted by Crippen LogP contribution is -2.39. The quantitative estimate of drug-likeness (QED) is 0.747. The fourth-order valence-corrected chi connectivity index (χ4v) is 1.82. The predicted molar refractivity (Wildman–Crippen MR) is 62.9 cm³/mol. The molecule has 0 aliphatic rings. The van der Waals surface area contributed by atoms with Crippen molar-refractivity contribution in [2.24, 2.45) is 0 Å². The van der Waals surface area contributed by atoms with E-state index < -0.39 is 23.1 Å². The van der Waals surface area contributed by atoms with Gasteiger partial charge in [0.2, 0.25) is 0 Å². The van der Waals surface area contributed by atoms with E-state index in [1.807, 2.05) is 0 Å². The first kappa shape index (κ1) is 13.5. The summed E-state index contributed by atoms with van der Waals surface area (Å²) in [6.07, 6.45) is -4.91. The number of phenolic OH excluding ortho intramolecular Hbond substituents is 2. The summed E-state index contributed by atoms with van der Waals surface area (Å²) in [5.74, 6) is -0.748. The molecule has 0 saturated heterocycles. The Morgan fingerprint density at radius 2 is 1.58 bits per heavy atom. The molecule has 2 aromatic rings. The van der Waals surface area contributed by atoms with Gasteiger partial charge in [0.05, 0.1) is 0 Å². The Morgan fingerprint density at radius 3 is 2.16 bits per heavy atom. The topological polar surface area (TPSA) is 60.7 Å². The summed E-state index contributed by atoms with van der Waals surface area (Å²) in [4.78, 5) is 0. The van der Waals surface area contributed by atoms with E-state index in [4.69, 9.17) is 0 Å². The van der Waals surface area contributed by atoms with E-state index in [0.29, 0.717) is 17.7 Å². The first-order valence-corrected chi connectivity index (χ1v) is 5.38. The number of halogens is 3. The van der Waals surface area contributed by atoms with Gasteiger partial charge in [-0.1, -0.05) is 6.07 Å². The molecule has 3 nitrogen and oxygen atoms in total. The van der Waals surface area contributed by atoms with E-state index >= 15 is 0 Å². The minimum atomic E-state index is -4.91. The van der Waals surface area contributed by atoms with E-state index in [2.05, 4.69) is 0 Å². The molecule has 2 aromatic carbocycles. The summed E-state index contributed by atoms with van der Waals surface area (Å²) >= 11 is 0. The van der Waals surface area contributed by atoms with Crippen LogP contribution in [0.2, 0.25) is 0 Å². The van der Waals surface area contributed by atoms with E-state index in [1.165, 1.54) is 18.2 Å². The van der Waals surface area contributed by atoms with Gasteiger partial charge in [-0.25, -0.2) is 0 Å². The fourth-order valence-electron chi connectivity index (χ4n) is 1.82. The van der Waals surface area contributed by atoms with E-state index in [1.54, 1.807) is 0 Å². The zero-order chi connectivity index (χ0) is 14.4. The molecular weight excluding hydrogens is 261 g/mol. The van der Waals surface area contributed by atoms with Crippen LogP contribution >= 0.6 is 0 Å². The van der Waals surface area contributed by atoms with Crippen LogP contribution in [0.4, 0.5) is 13.2 Å². The zero-order valence-electron chi connectivity index (χ0n) is 9.86. The van der Waals surface area contributed by atoms with Gasteiger partial charge in [-0.3, -0.25) is 0 Å². The van der Waals surface area contributed by atoms with Gasteiger partial charge in [0, 0.05) is 5.56 Å². The van der Waals surface area contributed by atoms with Crippen molar-refractivity contribution >= 4 is 10.8 Å². The average molecular weight is 272 g/mol. The molecule has 0 heterocycles. The molecule has 2 rings (SSSR count). The summed E-state index contributed by atoms with van der Waals surface area (Å²) < 4.78 is 38.3. The third-order valence-electron chi connectivity index (χ3n) is 3.01. The smallest absolute Gasteiger partial charge is 0.421 e. The number of fused-ring (bicyclic) bond motifs is 1. The number of hydrogen-bond acceptors (Lipinski definition) is 3. The molecule has 102 valence electrons. The summed E-state index contributed by atoms with van der Waals surface area (Å²) in [5, 5.41) is 29.3. The Hall–Kier alpha value is -1.95. The third-order valence-corrected chi connectivity index (χ3v) is 3.01. The number of phenols is 2. The third kappa shape index (κ3) is 2.19. The van der Waals surface area contributed by atoms with Crippen molar-refractivity contribution in [1.82, 2.24) is 0 Å². The van der Waals surface area contributed by atoms with Crippen LogP contribution in [-0.2, 0) is 5.60 Å². The van der Waals surface area contributed by atoms with Crippen molar-refractivity contribution in [2.75, 3.05) is 0 Å². The standard InChI is InChI=1S/C13H11F3O3/c1-12(19,13(14,15)16)10-5-7-2-3-9(17)4-8(7)6-11(10)18/h2-6,17-19H,1H3. The lowest BCUT2D eigenvalue weighted by atomic mass is 9.92. The number of rotatable bonds is 1. The molecule has 0 bridgehead atoms. The Balaban J connectivity index is 2.69. The van der Waals surface area contributed by atoms with Gasteiger partial charge in [-0.2, -0.15) is 13.2 Å². The van der Waals surface area contributed by atoms with Crippen molar-refractivity contribution < 1.29 is 28.5 Å². The number of alkyl halides is 3. The second-order valence-electron chi connectivity index (χ2n) is 4.47. The molecule has 0 spiro atoms. The first-order chi connectivity index (χ1) is 8.63. The molecule has 0 aliphatic heterocycles. The maximum atomic E-state index is 12.8. The predicted octanol–water partition coefficient (Wildman–Crippen LogP) is 3.02. The Kier molecular flexibility index (Phi) is 2.86. The van der Waals surface area contributed by atoms with Crippen molar-refractivity contribution in [3.8, 4) is 11.5 Å². The average Bonchev–Trinajstić information content (AvgIpc) is 2.26. The van der Waals surface area contributed by atoms with Gasteiger partial charge < -0.3 is 15.3 Å². The molecule has 0 radical (unpaired) electrons. The highest BCUT2D eigenvalue weighted by Gasteiger charge is 2.52. The second-order valence-corrected chi connectivity index (χ2v) is 4.47. The van der Waals surface area contributed by atoms with Crippen LogP contribution in [0.1, 0.15) is 12.5 Å². The molecule has 6 heteroatoms. The lowest BCUT2D eigenvalue weighted by Gasteiger charge is -2.27. The van der Waals surface area contributed by atoms with E-state index in [-0.39, 0.29) is 5.75 Å². The largest absolute Gasteiger partial charge is 0.508 e. The SMILES string of the molecule is CC(O)(c1cc2ccc(O)cc2cc1O)C(F)(F)F. The van der Waals surface area contributed by atoms with Crippen molar-refractivity contribution in [3.05, 3.63) is 35.9 Å². The summed E-state index contributed by atoms with van der Waals surface area (Å²) in [6, 6.07) is 6.15. The molecule has 0 aromatic heterocycles. The van der Waals surface area contributed by atoms with Gasteiger partial charge in [0.1, 0.15) is 11.5 Å². The Labute approximate surface area is 106 Å². The van der Waals surface area contributed by atoms with Gasteiger partial charge >= 0.3 is 6.18 Å². The minimum absolute atomic E-state index is 0.0674. The van der Waals surface area contributed by atoms with Crippen molar-refractivity contribution in [3.63, 3.8) is 0 Å². The summed E-state index contributed by atoms with van der Waals surface area (Å²) in [5.41, 5.74) is -3.78. The van der Waals surface area contributed by atoms with Gasteiger partial charge in [0.25, 0.3) is 0 Å². The van der Waals surface area contributed by atoms with E-state index in [0.717, 1.165) is 12.1 Å². The van der Waals surface area contributed by atoms with Gasteiger partial charge in [-0.05, 0) is 42.0 Å². The maximum absolute atomic E-state index is 12.8. The van der Waals surface area contributed by atoms with Crippen LogP contribution in [0.25, 0.3) is 10.8 Å². The maximum Gasteiger partial charge on any atom is 0.421 e. The monoisotopic (exact) mass is 272 g/mol. The van der Waals surface area contributed by atoms with Crippen LogP contribution in [0.5, 0.6) is 11.5 Å². The van der Waals surface area contributed by atoms with Crippen molar-refractivity contribution in [2.45, 2.75) is 18.7 Å². The van der Waals surface area contributed by atoms with Crippen LogP contribution < -0.4 is 0 Å². The lowest BCUT2D eigenvalue weighted by molar-refractivity contribution is -0.259. The first-order valence-electron chi connectivity index (χ1n) is 5.38. The molecule has 0 saturated carbocycles. The Morgan fingerprint density at radius 1 is 0.947 bits per heavy atom. The fraction of sp³-hybridized carbons (Fsp3) is 0.231. The molecule has 19 heavy (non-hydrogen) atoms. The number of aliphatic hydroxyl groups is 1. The summed E-state index contributed by atoms with van der Waals surface area (Å²) in [7, 11) is 0. The van der Waals surface area contributed by atoms with Gasteiger partial charge in [0.15, 0.2) is 5.60 Å². The number of hydrogen-bond donors (Lipinski definition) is 3. The molecule has 0 fully saturated rings. The minimum Gasteiger partial charge on any atom is -0.508 e. The Bertz CT molecular complexity index is 633. The van der Waals surface area contributed by atoms with Crippen LogP contribution in [0.15, 0.2) is 30.3 Å². The molecule has 1 unspecified atom stereocenters. The van der Waals surface area contributed by atoms with Crippen LogP contribution in [0, 0.1) is 0 Å². The van der Waals surface area contributed by atoms with Crippen LogP contribution in [0.3, 0.4) is 0 Å². The normalized spacial score (nSPS) is 15.4. The van der Waals surface area contributed by atoms with Crippen LogP contribution in [-0.4, -0.2) is 21.5 Å². The second kappa shape index (κ2) is 4.03. The molecule has 0 amide bonds. The van der Waals surface area contributed by atoms with E-state index in [9.17, 15) is 28.5 Å². The summed E-state index contributed by atoms with van der Waals surface area (Å²) in [6.45, 7) is 0.578. The molecule has 3 N–H and O–H groups in total. The zero-order valence-corrected chi connectivity index (χ0v) is 9.86. The molecule has 1 atom stereocenters. The molecule has 0 aliphatic carbocycles. The van der Waals surface area contributed by atoms with Gasteiger partial charge in [-0.15, -0.1) is 0 Å². The highest BCUT2D eigenvalue weighted by atomic mass is 19.4. The highest BCUT2D eigenvalue weighted by molar-refractivity contribution is 5.86. The number of benzene rings is 2. The number of aromatic hydroxyl groups is 2. The highest BCUT2D eigenvalue weighted by Crippen LogP contribution is 2.43.